The molecular formula is C20H15F4NO8. The molecule has 0 fully saturated rings. The Bertz CT molecular complexity index is 1140. The Balaban J connectivity index is 0.000000189. The van der Waals surface area contributed by atoms with Crippen LogP contribution in [-0.2, 0) is 22.4 Å². The van der Waals surface area contributed by atoms with E-state index >= 15 is 0 Å². The lowest BCUT2D eigenvalue weighted by molar-refractivity contribution is -0.385. The summed E-state index contributed by atoms with van der Waals surface area (Å²) in [6.07, 6.45) is -7.48. The first kappa shape index (κ1) is 23.8. The van der Waals surface area contributed by atoms with Gasteiger partial charge in [0.1, 0.15) is 11.6 Å². The summed E-state index contributed by atoms with van der Waals surface area (Å²) in [5.41, 5.74) is 0.181. The summed E-state index contributed by atoms with van der Waals surface area (Å²) in [7, 11) is 0. The molecule has 0 atom stereocenters. The zero-order chi connectivity index (χ0) is 24.6. The second-order valence-corrected chi connectivity index (χ2v) is 7.06. The van der Waals surface area contributed by atoms with Crippen LogP contribution in [0.15, 0.2) is 30.3 Å². The monoisotopic (exact) mass is 473 g/mol. The van der Waals surface area contributed by atoms with Crippen molar-refractivity contribution in [2.45, 2.75) is 39.3 Å². The lowest BCUT2D eigenvalue weighted by Crippen LogP contribution is -2.25. The van der Waals surface area contributed by atoms with Crippen molar-refractivity contribution in [2.24, 2.45) is 0 Å². The lowest BCUT2D eigenvalue weighted by atomic mass is 10.1. The zero-order valence-corrected chi connectivity index (χ0v) is 17.0. The van der Waals surface area contributed by atoms with Gasteiger partial charge in [-0.1, -0.05) is 6.07 Å². The molecule has 0 saturated heterocycles. The van der Waals surface area contributed by atoms with E-state index in [-0.39, 0.29) is 47.2 Å². The highest BCUT2D eigenvalue weighted by Crippen LogP contribution is 2.44. The molecule has 0 spiro atoms. The van der Waals surface area contributed by atoms with E-state index in [2.05, 4.69) is 18.9 Å². The fraction of sp³-hybridized carbons (Fsp3) is 0.300. The molecule has 0 amide bonds. The van der Waals surface area contributed by atoms with Gasteiger partial charge in [-0.25, -0.2) is 0 Å². The maximum absolute atomic E-state index is 12.8. The molecule has 4 rings (SSSR count). The highest BCUT2D eigenvalue weighted by atomic mass is 19.3. The molecule has 0 N–H and O–H groups in total. The highest BCUT2D eigenvalue weighted by molar-refractivity contribution is 5.80. The molecular weight excluding hydrogens is 458 g/mol. The van der Waals surface area contributed by atoms with Crippen molar-refractivity contribution in [1.29, 1.82) is 0 Å². The highest BCUT2D eigenvalue weighted by Gasteiger charge is 2.45. The summed E-state index contributed by atoms with van der Waals surface area (Å²) in [5.74, 6) is -1.14. The predicted molar refractivity (Wildman–Crippen MR) is 101 cm³/mol. The van der Waals surface area contributed by atoms with Crippen molar-refractivity contribution >= 4 is 17.3 Å². The number of hydrogen-bond donors (Lipinski definition) is 0. The van der Waals surface area contributed by atoms with Crippen LogP contribution in [0.1, 0.15) is 25.0 Å². The van der Waals surface area contributed by atoms with Crippen molar-refractivity contribution < 1.29 is 51.0 Å². The average Bonchev–Trinajstić information content (AvgIpc) is 3.12. The van der Waals surface area contributed by atoms with E-state index in [0.29, 0.717) is 5.56 Å². The summed E-state index contributed by atoms with van der Waals surface area (Å²) in [5, 5.41) is 10.8. The Labute approximate surface area is 182 Å². The number of Topliss-reactive ketones (excluding diaryl/α,β-unsaturated/α-hetero) is 2. The third-order valence-electron chi connectivity index (χ3n) is 4.16. The third kappa shape index (κ3) is 5.87. The average molecular weight is 473 g/mol. The van der Waals surface area contributed by atoms with E-state index < -0.39 is 28.9 Å². The van der Waals surface area contributed by atoms with Gasteiger partial charge in [-0.2, -0.15) is 0 Å². The number of ether oxygens (including phenoxy) is 4. The fourth-order valence-corrected chi connectivity index (χ4v) is 3.00. The number of rotatable bonds is 5. The number of nitro groups is 1. The molecule has 2 heterocycles. The van der Waals surface area contributed by atoms with Gasteiger partial charge in [-0.15, -0.1) is 17.6 Å². The number of ketones is 2. The van der Waals surface area contributed by atoms with Gasteiger partial charge in [-0.3, -0.25) is 19.7 Å². The number of alkyl halides is 4. The Morgan fingerprint density at radius 2 is 1.30 bits per heavy atom. The van der Waals surface area contributed by atoms with Crippen molar-refractivity contribution in [3.05, 3.63) is 51.6 Å². The van der Waals surface area contributed by atoms with E-state index in [1.165, 1.54) is 26.0 Å². The van der Waals surface area contributed by atoms with Crippen molar-refractivity contribution in [3.8, 4) is 23.0 Å². The van der Waals surface area contributed by atoms with Gasteiger partial charge in [0.2, 0.25) is 0 Å². The molecule has 0 bridgehead atoms. The molecule has 0 unspecified atom stereocenters. The number of nitro benzene ring substituents is 1. The molecule has 2 aromatic carbocycles. The third-order valence-corrected chi connectivity index (χ3v) is 4.16. The largest absolute Gasteiger partial charge is 0.586 e. The summed E-state index contributed by atoms with van der Waals surface area (Å²) in [4.78, 5) is 31.8. The molecule has 176 valence electrons. The Morgan fingerprint density at radius 1 is 0.818 bits per heavy atom. The minimum absolute atomic E-state index is 0.00699. The molecule has 0 saturated carbocycles. The molecule has 13 heteroatoms. The van der Waals surface area contributed by atoms with Crippen molar-refractivity contribution in [1.82, 2.24) is 0 Å². The van der Waals surface area contributed by atoms with Crippen LogP contribution in [0.2, 0.25) is 0 Å². The second kappa shape index (κ2) is 8.56. The SMILES string of the molecule is CC(=O)Cc1cc2c(cc1[N+](=O)[O-])OC(F)(F)O2.CC(=O)Cc1ccc2c(c1)OC(F)(F)O2. The van der Waals surface area contributed by atoms with E-state index in [0.717, 1.165) is 12.1 Å². The van der Waals surface area contributed by atoms with Gasteiger partial charge < -0.3 is 18.9 Å². The predicted octanol–water partition coefficient (Wildman–Crippen LogP) is 4.19. The standard InChI is InChI=1S/C10H7F2NO5.C10H8F2O3/c1-5(14)2-6-3-8-9(4-7(6)13(15)16)18-10(11,12)17-8;1-6(13)4-7-2-3-8-9(5-7)15-10(11,12)14-8/h3-4H,2H2,1H3;2-3,5H,4H2,1H3. The van der Waals surface area contributed by atoms with Gasteiger partial charge in [0, 0.05) is 18.4 Å². The summed E-state index contributed by atoms with van der Waals surface area (Å²) >= 11 is 0. The van der Waals surface area contributed by atoms with E-state index in [4.69, 9.17) is 0 Å². The summed E-state index contributed by atoms with van der Waals surface area (Å²) in [6.45, 7) is 2.67. The first-order chi connectivity index (χ1) is 15.2. The number of hydrogen-bond acceptors (Lipinski definition) is 8. The number of fused-ring (bicyclic) bond motifs is 2. The van der Waals surface area contributed by atoms with Crippen LogP contribution in [0.5, 0.6) is 23.0 Å². The number of carbonyl (C=O) groups excluding carboxylic acids is 2. The van der Waals surface area contributed by atoms with Crippen molar-refractivity contribution in [3.63, 3.8) is 0 Å². The van der Waals surface area contributed by atoms with Crippen LogP contribution in [0, 0.1) is 10.1 Å². The number of halogens is 4. The van der Waals surface area contributed by atoms with Gasteiger partial charge in [0.05, 0.1) is 11.0 Å². The van der Waals surface area contributed by atoms with Crippen molar-refractivity contribution in [2.75, 3.05) is 0 Å². The van der Waals surface area contributed by atoms with Crippen LogP contribution in [0.4, 0.5) is 23.2 Å². The topological polar surface area (TPSA) is 114 Å². The normalized spacial score (nSPS) is 15.9. The maximum atomic E-state index is 12.8. The van der Waals surface area contributed by atoms with Gasteiger partial charge in [0.25, 0.3) is 5.69 Å². The van der Waals surface area contributed by atoms with Gasteiger partial charge in [-0.05, 0) is 37.6 Å². The minimum Gasteiger partial charge on any atom is -0.395 e. The van der Waals surface area contributed by atoms with Crippen LogP contribution in [0.3, 0.4) is 0 Å². The molecule has 9 nitrogen and oxygen atoms in total. The number of nitrogens with zero attached hydrogens (tertiary/aromatic N) is 1. The molecule has 2 aromatic rings. The number of benzene rings is 2. The smallest absolute Gasteiger partial charge is 0.395 e. The van der Waals surface area contributed by atoms with Crippen LogP contribution >= 0.6 is 0 Å². The maximum Gasteiger partial charge on any atom is 0.586 e. The number of carbonyl (C=O) groups is 2. The minimum atomic E-state index is -3.84. The molecule has 0 aromatic heterocycles. The van der Waals surface area contributed by atoms with Crippen LogP contribution < -0.4 is 18.9 Å². The van der Waals surface area contributed by atoms with E-state index in [9.17, 15) is 37.3 Å². The molecule has 0 radical (unpaired) electrons. The van der Waals surface area contributed by atoms with E-state index in [1.54, 1.807) is 6.07 Å². The first-order valence-corrected chi connectivity index (χ1v) is 9.19. The van der Waals surface area contributed by atoms with Gasteiger partial charge in [0.15, 0.2) is 23.0 Å². The van der Waals surface area contributed by atoms with E-state index in [1.807, 2.05) is 0 Å². The summed E-state index contributed by atoms with van der Waals surface area (Å²) < 4.78 is 67.5. The fourth-order valence-electron chi connectivity index (χ4n) is 3.00. The molecule has 2 aliphatic rings. The summed E-state index contributed by atoms with van der Waals surface area (Å²) in [6, 6.07) is 6.17. The Hall–Kier alpha value is -3.90. The Morgan fingerprint density at radius 3 is 1.82 bits per heavy atom. The van der Waals surface area contributed by atoms with Crippen LogP contribution in [0.25, 0.3) is 0 Å². The Kier molecular flexibility index (Phi) is 6.16. The second-order valence-electron chi connectivity index (χ2n) is 7.06. The quantitative estimate of drug-likeness (QED) is 0.361. The molecule has 33 heavy (non-hydrogen) atoms. The lowest BCUT2D eigenvalue weighted by Gasteiger charge is -2.04. The molecule has 0 aliphatic carbocycles. The van der Waals surface area contributed by atoms with Gasteiger partial charge >= 0.3 is 12.6 Å². The first-order valence-electron chi connectivity index (χ1n) is 9.19. The van der Waals surface area contributed by atoms with Crippen LogP contribution in [-0.4, -0.2) is 29.1 Å². The molecule has 2 aliphatic heterocycles. The zero-order valence-electron chi connectivity index (χ0n) is 17.0.